The molecule has 0 fully saturated rings. The molecule has 0 saturated heterocycles. The van der Waals surface area contributed by atoms with E-state index in [1.165, 1.54) is 44.5 Å². The Balaban J connectivity index is 2.39. The summed E-state index contributed by atoms with van der Waals surface area (Å²) in [5.41, 5.74) is 11.1. The second-order valence-corrected chi connectivity index (χ2v) is 19.0. The summed E-state index contributed by atoms with van der Waals surface area (Å²) >= 11 is -2.49. The maximum absolute atomic E-state index is 6.67. The first-order chi connectivity index (χ1) is 14.0. The molecular formula is C27H35Cl2Zr. The van der Waals surface area contributed by atoms with E-state index >= 15 is 0 Å². The predicted octanol–water partition coefficient (Wildman–Crippen LogP) is 9.67. The molecule has 2 aromatic carbocycles. The van der Waals surface area contributed by atoms with Gasteiger partial charge in [-0.1, -0.05) is 0 Å². The predicted molar refractivity (Wildman–Crippen MR) is 131 cm³/mol. The van der Waals surface area contributed by atoms with Gasteiger partial charge in [0.2, 0.25) is 0 Å². The van der Waals surface area contributed by atoms with Crippen molar-refractivity contribution in [1.29, 1.82) is 0 Å². The normalized spacial score (nSPS) is 16.3. The fourth-order valence-corrected chi connectivity index (χ4v) is 10.1. The molecule has 0 aliphatic heterocycles. The summed E-state index contributed by atoms with van der Waals surface area (Å²) in [7, 11) is 13.3. The van der Waals surface area contributed by atoms with Gasteiger partial charge < -0.3 is 0 Å². The first kappa shape index (κ1) is 24.3. The molecule has 0 aromatic heterocycles. The van der Waals surface area contributed by atoms with Gasteiger partial charge in [0.25, 0.3) is 0 Å². The average molecular weight is 522 g/mol. The van der Waals surface area contributed by atoms with Crippen LogP contribution in [0.15, 0.2) is 35.9 Å². The van der Waals surface area contributed by atoms with Crippen LogP contribution >= 0.6 is 17.0 Å². The van der Waals surface area contributed by atoms with Gasteiger partial charge in [-0.05, 0) is 0 Å². The Morgan fingerprint density at radius 2 is 1.50 bits per heavy atom. The van der Waals surface area contributed by atoms with E-state index in [1.807, 2.05) is 0 Å². The zero-order valence-electron chi connectivity index (χ0n) is 19.7. The molecule has 0 saturated carbocycles. The molecule has 1 aliphatic carbocycles. The van der Waals surface area contributed by atoms with E-state index in [4.69, 9.17) is 17.0 Å². The van der Waals surface area contributed by atoms with Crippen LogP contribution in [0.4, 0.5) is 0 Å². The van der Waals surface area contributed by atoms with Gasteiger partial charge in [-0.25, -0.2) is 0 Å². The standard InChI is InChI=1S/C27H35.2ClH.Zr/c1-9-19-12-20-10-11-25(27(6,7)8)26(24(20)13-19)23-15-21(17(2)3)14-22(16-23)18(4)5;;;/h10-18H,9H2,1-8H3;2*1H;/q;;;+2/p-2. The molecule has 0 N–H and O–H groups in total. The molecular weight excluding hydrogens is 486 g/mol. The molecule has 0 nitrogen and oxygen atoms in total. The van der Waals surface area contributed by atoms with Crippen LogP contribution in [0.2, 0.25) is 0 Å². The molecule has 1 aliphatic rings. The quantitative estimate of drug-likeness (QED) is 0.367. The summed E-state index contributed by atoms with van der Waals surface area (Å²) in [5, 5.41) is 0. The molecule has 2 aromatic rings. The van der Waals surface area contributed by atoms with E-state index in [2.05, 4.69) is 91.8 Å². The third-order valence-electron chi connectivity index (χ3n) is 6.32. The second-order valence-electron chi connectivity index (χ2n) is 10.2. The molecule has 3 rings (SSSR count). The first-order valence-electron chi connectivity index (χ1n) is 11.2. The third-order valence-corrected chi connectivity index (χ3v) is 11.7. The number of rotatable bonds is 5. The number of halogens is 2. The van der Waals surface area contributed by atoms with Crippen molar-refractivity contribution >= 4 is 23.1 Å². The molecule has 0 heterocycles. The van der Waals surface area contributed by atoms with Crippen molar-refractivity contribution in [1.82, 2.24) is 0 Å². The first-order valence-corrected chi connectivity index (χ1v) is 18.9. The van der Waals surface area contributed by atoms with Crippen LogP contribution in [-0.2, 0) is 24.8 Å². The Kier molecular flexibility index (Phi) is 7.49. The number of fused-ring (bicyclic) bond motifs is 1. The van der Waals surface area contributed by atoms with Crippen LogP contribution in [0, 0.1) is 0 Å². The number of hydrogen-bond donors (Lipinski definition) is 0. The maximum atomic E-state index is 6.67. The van der Waals surface area contributed by atoms with E-state index < -0.39 is 19.4 Å². The molecule has 1 unspecified atom stereocenters. The van der Waals surface area contributed by atoms with Crippen molar-refractivity contribution in [2.24, 2.45) is 0 Å². The van der Waals surface area contributed by atoms with Crippen LogP contribution in [0.3, 0.4) is 0 Å². The fourth-order valence-electron chi connectivity index (χ4n) is 4.50. The summed E-state index contributed by atoms with van der Waals surface area (Å²) in [6.45, 7) is 18.3. The Labute approximate surface area is 198 Å². The van der Waals surface area contributed by atoms with E-state index in [0.717, 1.165) is 6.42 Å². The van der Waals surface area contributed by atoms with Crippen molar-refractivity contribution in [3.8, 4) is 11.1 Å². The zero-order valence-corrected chi connectivity index (χ0v) is 23.6. The number of allylic oxidation sites excluding steroid dienone is 1. The average Bonchev–Trinajstić information content (AvgIpc) is 3.04. The third kappa shape index (κ3) is 4.70. The topological polar surface area (TPSA) is 0 Å². The van der Waals surface area contributed by atoms with Crippen LogP contribution < -0.4 is 0 Å². The molecule has 0 spiro atoms. The number of hydrogen-bond acceptors (Lipinski definition) is 0. The molecule has 161 valence electrons. The summed E-state index contributed by atoms with van der Waals surface area (Å²) in [6, 6.07) is 11.9. The van der Waals surface area contributed by atoms with Gasteiger partial charge in [0.1, 0.15) is 0 Å². The summed E-state index contributed by atoms with van der Waals surface area (Å²) in [6.07, 6.45) is 3.42. The van der Waals surface area contributed by atoms with Gasteiger partial charge in [-0.2, -0.15) is 0 Å². The van der Waals surface area contributed by atoms with Gasteiger partial charge >= 0.3 is 200 Å². The molecule has 1 atom stereocenters. The van der Waals surface area contributed by atoms with Gasteiger partial charge in [-0.15, -0.1) is 0 Å². The van der Waals surface area contributed by atoms with Crippen LogP contribution in [0.5, 0.6) is 0 Å². The van der Waals surface area contributed by atoms with E-state index in [9.17, 15) is 0 Å². The van der Waals surface area contributed by atoms with Gasteiger partial charge in [0, 0.05) is 0 Å². The fraction of sp³-hybridized carbons (Fsp3) is 0.481. The van der Waals surface area contributed by atoms with E-state index in [0.29, 0.717) is 11.8 Å². The van der Waals surface area contributed by atoms with Crippen LogP contribution in [0.1, 0.15) is 105 Å². The summed E-state index contributed by atoms with van der Waals surface area (Å²) in [5.74, 6) is 0.995. The molecule has 3 heteroatoms. The van der Waals surface area contributed by atoms with E-state index in [-0.39, 0.29) is 9.04 Å². The number of benzene rings is 2. The Bertz CT molecular complexity index is 935. The van der Waals surface area contributed by atoms with E-state index in [1.54, 1.807) is 0 Å². The van der Waals surface area contributed by atoms with Crippen LogP contribution in [0.25, 0.3) is 17.2 Å². The zero-order chi connectivity index (χ0) is 22.4. The van der Waals surface area contributed by atoms with Crippen molar-refractivity contribution in [3.63, 3.8) is 0 Å². The Morgan fingerprint density at radius 1 is 0.933 bits per heavy atom. The summed E-state index contributed by atoms with van der Waals surface area (Å²) < 4.78 is 0.279. The van der Waals surface area contributed by atoms with Crippen molar-refractivity contribution in [2.75, 3.05) is 0 Å². The SMILES string of the molecule is CCC1=Cc2c(ccc(C(C)(C)C)c2-c2cc(C(C)C)cc(C(C)C)c2)[CH]1[Zr]([Cl])[Cl]. The second kappa shape index (κ2) is 9.25. The molecule has 30 heavy (non-hydrogen) atoms. The minimum absolute atomic E-state index is 0.0536. The van der Waals surface area contributed by atoms with Crippen LogP contribution in [-0.4, -0.2) is 0 Å². The minimum atomic E-state index is -2.49. The monoisotopic (exact) mass is 519 g/mol. The van der Waals surface area contributed by atoms with Crippen molar-refractivity contribution < 1.29 is 19.4 Å². The van der Waals surface area contributed by atoms with Crippen molar-refractivity contribution in [3.05, 3.63) is 63.7 Å². The molecule has 0 amide bonds. The Hall–Kier alpha value is -0.357. The van der Waals surface area contributed by atoms with Gasteiger partial charge in [0.15, 0.2) is 0 Å². The molecule has 0 radical (unpaired) electrons. The Morgan fingerprint density at radius 3 is 1.93 bits per heavy atom. The molecule has 0 bridgehead atoms. The van der Waals surface area contributed by atoms with Gasteiger partial charge in [0.05, 0.1) is 0 Å². The van der Waals surface area contributed by atoms with Gasteiger partial charge in [-0.3, -0.25) is 0 Å². The van der Waals surface area contributed by atoms with Crippen molar-refractivity contribution in [2.45, 2.75) is 82.7 Å². The summed E-state index contributed by atoms with van der Waals surface area (Å²) in [4.78, 5) is 0.